The van der Waals surface area contributed by atoms with Crippen LogP contribution in [0.4, 0.5) is 5.69 Å². The molecule has 96 valence electrons. The summed E-state index contributed by atoms with van der Waals surface area (Å²) in [6.07, 6.45) is 4.52. The number of hydrogen-bond acceptors (Lipinski definition) is 1. The minimum absolute atomic E-state index is 1.10. The molecule has 0 aliphatic carbocycles. The van der Waals surface area contributed by atoms with Gasteiger partial charge in [0.05, 0.1) is 0 Å². The van der Waals surface area contributed by atoms with Gasteiger partial charge in [-0.25, -0.2) is 0 Å². The first kappa shape index (κ1) is 15.8. The van der Waals surface area contributed by atoms with Gasteiger partial charge in [0.2, 0.25) is 0 Å². The first-order chi connectivity index (χ1) is 8.19. The summed E-state index contributed by atoms with van der Waals surface area (Å²) in [6.45, 7) is 8.40. The molecule has 1 aromatic carbocycles. The Morgan fingerprint density at radius 2 is 1.82 bits per heavy atom. The second-order valence-electron chi connectivity index (χ2n) is 3.94. The fourth-order valence-electron chi connectivity index (χ4n) is 1.70. The standard InChI is InChI=1S/C14H21N.C2H6/c1-5-8-12(6-2)13-9-7-10-14(11-13)15(3)4;1-2/h7-11H,5-6H2,1-4H3;1-2H3/b12-8+;. The second-order valence-corrected chi connectivity index (χ2v) is 3.94. The van der Waals surface area contributed by atoms with Crippen molar-refractivity contribution in [3.63, 3.8) is 0 Å². The molecule has 0 saturated carbocycles. The predicted octanol–water partition coefficient (Wildman–Crippen LogP) is 4.98. The van der Waals surface area contributed by atoms with Gasteiger partial charge in [0.1, 0.15) is 0 Å². The summed E-state index contributed by atoms with van der Waals surface area (Å²) in [5.41, 5.74) is 4.06. The van der Waals surface area contributed by atoms with Crippen LogP contribution in [0.25, 0.3) is 5.57 Å². The normalized spacial score (nSPS) is 10.6. The van der Waals surface area contributed by atoms with Crippen molar-refractivity contribution in [2.75, 3.05) is 19.0 Å². The van der Waals surface area contributed by atoms with Gasteiger partial charge in [0, 0.05) is 19.8 Å². The van der Waals surface area contributed by atoms with E-state index >= 15 is 0 Å². The molecule has 0 heterocycles. The molecule has 0 unspecified atom stereocenters. The zero-order chi connectivity index (χ0) is 13.3. The maximum absolute atomic E-state index is 2.31. The Labute approximate surface area is 107 Å². The van der Waals surface area contributed by atoms with Gasteiger partial charge in [0.15, 0.2) is 0 Å². The van der Waals surface area contributed by atoms with Crippen LogP contribution in [0, 0.1) is 0 Å². The van der Waals surface area contributed by atoms with Crippen molar-refractivity contribution in [2.45, 2.75) is 40.5 Å². The first-order valence-electron chi connectivity index (χ1n) is 6.65. The molecule has 17 heavy (non-hydrogen) atoms. The summed E-state index contributed by atoms with van der Waals surface area (Å²) >= 11 is 0. The highest BCUT2D eigenvalue weighted by Gasteiger charge is 2.01. The molecule has 1 nitrogen and oxygen atoms in total. The SMILES string of the molecule is CC.CC/C=C(\CC)c1cccc(N(C)C)c1. The van der Waals surface area contributed by atoms with Gasteiger partial charge in [-0.2, -0.15) is 0 Å². The number of anilines is 1. The summed E-state index contributed by atoms with van der Waals surface area (Å²) in [5.74, 6) is 0. The van der Waals surface area contributed by atoms with Crippen molar-refractivity contribution >= 4 is 11.3 Å². The van der Waals surface area contributed by atoms with Crippen LogP contribution in [0.3, 0.4) is 0 Å². The highest BCUT2D eigenvalue weighted by molar-refractivity contribution is 5.68. The average Bonchev–Trinajstić information content (AvgIpc) is 2.38. The molecule has 1 heteroatoms. The number of rotatable bonds is 4. The van der Waals surface area contributed by atoms with E-state index in [0.717, 1.165) is 12.8 Å². The molecule has 0 saturated heterocycles. The monoisotopic (exact) mass is 233 g/mol. The minimum atomic E-state index is 1.10. The van der Waals surface area contributed by atoms with Gasteiger partial charge < -0.3 is 4.90 Å². The molecule has 0 radical (unpaired) electrons. The molecule has 0 aliphatic rings. The van der Waals surface area contributed by atoms with E-state index in [0.29, 0.717) is 0 Å². The van der Waals surface area contributed by atoms with Crippen LogP contribution in [0.2, 0.25) is 0 Å². The van der Waals surface area contributed by atoms with Crippen molar-refractivity contribution in [1.29, 1.82) is 0 Å². The molecular weight excluding hydrogens is 206 g/mol. The molecule has 0 amide bonds. The third kappa shape index (κ3) is 5.08. The molecule has 0 atom stereocenters. The molecule has 1 aromatic rings. The quantitative estimate of drug-likeness (QED) is 0.708. The fraction of sp³-hybridized carbons (Fsp3) is 0.500. The lowest BCUT2D eigenvalue weighted by Crippen LogP contribution is -2.08. The van der Waals surface area contributed by atoms with E-state index in [2.05, 4.69) is 63.2 Å². The summed E-state index contributed by atoms with van der Waals surface area (Å²) in [5, 5.41) is 0. The molecule has 0 N–H and O–H groups in total. The molecule has 0 aromatic heterocycles. The summed E-state index contributed by atoms with van der Waals surface area (Å²) in [7, 11) is 4.16. The van der Waals surface area contributed by atoms with Gasteiger partial charge in [-0.05, 0) is 36.1 Å². The molecule has 1 rings (SSSR count). The summed E-state index contributed by atoms with van der Waals surface area (Å²) in [6, 6.07) is 8.72. The van der Waals surface area contributed by atoms with E-state index in [4.69, 9.17) is 0 Å². The highest BCUT2D eigenvalue weighted by atomic mass is 15.1. The molecule has 0 aliphatic heterocycles. The van der Waals surface area contributed by atoms with E-state index < -0.39 is 0 Å². The van der Waals surface area contributed by atoms with Crippen molar-refractivity contribution in [3.05, 3.63) is 35.9 Å². The molecule has 0 fully saturated rings. The van der Waals surface area contributed by atoms with Crippen LogP contribution in [-0.2, 0) is 0 Å². The Morgan fingerprint density at radius 1 is 1.18 bits per heavy atom. The maximum atomic E-state index is 2.31. The third-order valence-electron chi connectivity index (χ3n) is 2.56. The lowest BCUT2D eigenvalue weighted by Gasteiger charge is -2.14. The van der Waals surface area contributed by atoms with Crippen LogP contribution in [-0.4, -0.2) is 14.1 Å². The van der Waals surface area contributed by atoms with Crippen molar-refractivity contribution in [2.24, 2.45) is 0 Å². The van der Waals surface area contributed by atoms with Crippen LogP contribution in [0.15, 0.2) is 30.3 Å². The predicted molar refractivity (Wildman–Crippen MR) is 80.7 cm³/mol. The number of nitrogens with zero attached hydrogens (tertiary/aromatic N) is 1. The van der Waals surface area contributed by atoms with E-state index in [-0.39, 0.29) is 0 Å². The van der Waals surface area contributed by atoms with Crippen LogP contribution in [0.5, 0.6) is 0 Å². The first-order valence-corrected chi connectivity index (χ1v) is 6.65. The Bertz CT molecular complexity index is 337. The number of allylic oxidation sites excluding steroid dienone is 2. The molecule has 0 spiro atoms. The van der Waals surface area contributed by atoms with E-state index in [9.17, 15) is 0 Å². The fourth-order valence-corrected chi connectivity index (χ4v) is 1.70. The Morgan fingerprint density at radius 3 is 2.29 bits per heavy atom. The van der Waals surface area contributed by atoms with E-state index in [1.54, 1.807) is 0 Å². The number of benzene rings is 1. The van der Waals surface area contributed by atoms with Crippen molar-refractivity contribution < 1.29 is 0 Å². The van der Waals surface area contributed by atoms with Gasteiger partial charge in [-0.15, -0.1) is 0 Å². The Hall–Kier alpha value is -1.24. The van der Waals surface area contributed by atoms with Gasteiger partial charge >= 0.3 is 0 Å². The summed E-state index contributed by atoms with van der Waals surface area (Å²) in [4.78, 5) is 2.14. The van der Waals surface area contributed by atoms with Crippen molar-refractivity contribution in [3.8, 4) is 0 Å². The smallest absolute Gasteiger partial charge is 0.0367 e. The lowest BCUT2D eigenvalue weighted by molar-refractivity contribution is 1.12. The van der Waals surface area contributed by atoms with Gasteiger partial charge in [-0.1, -0.05) is 45.9 Å². The Balaban J connectivity index is 0.00000121. The lowest BCUT2D eigenvalue weighted by atomic mass is 10.0. The minimum Gasteiger partial charge on any atom is -0.378 e. The Kier molecular flexibility index (Phi) is 8.21. The molecule has 0 bridgehead atoms. The van der Waals surface area contributed by atoms with Gasteiger partial charge in [0.25, 0.3) is 0 Å². The average molecular weight is 233 g/mol. The van der Waals surface area contributed by atoms with E-state index in [1.165, 1.54) is 16.8 Å². The van der Waals surface area contributed by atoms with Crippen LogP contribution < -0.4 is 4.90 Å². The highest BCUT2D eigenvalue weighted by Crippen LogP contribution is 2.22. The maximum Gasteiger partial charge on any atom is 0.0367 e. The number of hydrogen-bond donors (Lipinski definition) is 0. The van der Waals surface area contributed by atoms with Crippen LogP contribution in [0.1, 0.15) is 46.1 Å². The van der Waals surface area contributed by atoms with Gasteiger partial charge in [-0.3, -0.25) is 0 Å². The molecular formula is C16H27N. The second kappa shape index (κ2) is 8.86. The van der Waals surface area contributed by atoms with E-state index in [1.807, 2.05) is 13.8 Å². The zero-order valence-corrected chi connectivity index (χ0v) is 12.2. The largest absolute Gasteiger partial charge is 0.378 e. The van der Waals surface area contributed by atoms with Crippen molar-refractivity contribution in [1.82, 2.24) is 0 Å². The summed E-state index contributed by atoms with van der Waals surface area (Å²) < 4.78 is 0. The zero-order valence-electron chi connectivity index (χ0n) is 12.2. The topological polar surface area (TPSA) is 3.24 Å². The van der Waals surface area contributed by atoms with Crippen LogP contribution >= 0.6 is 0 Å². The third-order valence-corrected chi connectivity index (χ3v) is 2.56.